The van der Waals surface area contributed by atoms with Crippen LogP contribution in [0.3, 0.4) is 0 Å². The fraction of sp³-hybridized carbons (Fsp3) is 0.176. The maximum Gasteiger partial charge on any atom is 0.319 e. The molecule has 0 spiro atoms. The molecule has 0 aromatic heterocycles. The maximum absolute atomic E-state index is 11.8. The molecule has 0 aliphatic rings. The molecule has 0 atom stereocenters. The van der Waals surface area contributed by atoms with Gasteiger partial charge in [0.2, 0.25) is 0 Å². The minimum atomic E-state index is -0.879. The van der Waals surface area contributed by atoms with Gasteiger partial charge >= 0.3 is 12.0 Å². The van der Waals surface area contributed by atoms with E-state index < -0.39 is 5.97 Å². The van der Waals surface area contributed by atoms with E-state index in [0.717, 1.165) is 16.5 Å². The number of hydrogen-bond acceptors (Lipinski definition) is 2. The Morgan fingerprint density at radius 2 is 1.74 bits per heavy atom. The van der Waals surface area contributed by atoms with Crippen LogP contribution >= 0.6 is 15.9 Å². The summed E-state index contributed by atoms with van der Waals surface area (Å²) in [7, 11) is 0. The molecule has 0 aliphatic carbocycles. The van der Waals surface area contributed by atoms with Gasteiger partial charge in [-0.3, -0.25) is 4.79 Å². The Morgan fingerprint density at radius 3 is 2.39 bits per heavy atom. The van der Waals surface area contributed by atoms with Gasteiger partial charge in [-0.25, -0.2) is 4.79 Å². The second kappa shape index (κ2) is 8.33. The third-order valence-electron chi connectivity index (χ3n) is 3.20. The first-order valence-electron chi connectivity index (χ1n) is 7.13. The summed E-state index contributed by atoms with van der Waals surface area (Å²) in [6.07, 6.45) is 0.699. The molecule has 2 aromatic rings. The summed E-state index contributed by atoms with van der Waals surface area (Å²) in [5, 5.41) is 14.2. The molecule has 0 saturated heterocycles. The third-order valence-corrected chi connectivity index (χ3v) is 3.98. The van der Waals surface area contributed by atoms with E-state index in [1.165, 1.54) is 0 Å². The van der Waals surface area contributed by atoms with Crippen LogP contribution in [0.2, 0.25) is 0 Å². The van der Waals surface area contributed by atoms with Crippen molar-refractivity contribution in [2.75, 3.05) is 11.9 Å². The Hall–Kier alpha value is -2.34. The fourth-order valence-corrected chi connectivity index (χ4v) is 2.55. The van der Waals surface area contributed by atoms with Crippen LogP contribution < -0.4 is 10.6 Å². The number of anilines is 1. The normalized spacial score (nSPS) is 10.1. The smallest absolute Gasteiger partial charge is 0.319 e. The molecule has 120 valence electrons. The van der Waals surface area contributed by atoms with E-state index in [4.69, 9.17) is 5.11 Å². The molecule has 2 amide bonds. The average molecular weight is 377 g/mol. The van der Waals surface area contributed by atoms with Gasteiger partial charge in [0.15, 0.2) is 0 Å². The molecule has 0 heterocycles. The zero-order valence-electron chi connectivity index (χ0n) is 12.4. The van der Waals surface area contributed by atoms with Crippen molar-refractivity contribution in [3.05, 3.63) is 64.1 Å². The number of rotatable bonds is 6. The van der Waals surface area contributed by atoms with E-state index >= 15 is 0 Å². The molecule has 23 heavy (non-hydrogen) atoms. The largest absolute Gasteiger partial charge is 0.481 e. The Morgan fingerprint density at radius 1 is 1.04 bits per heavy atom. The molecule has 6 heteroatoms. The lowest BCUT2D eigenvalue weighted by Gasteiger charge is -2.09. The summed E-state index contributed by atoms with van der Waals surface area (Å²) in [6.45, 7) is 0.519. The second-order valence-corrected chi connectivity index (χ2v) is 5.84. The molecule has 0 fully saturated rings. The molecule has 2 rings (SSSR count). The lowest BCUT2D eigenvalue weighted by molar-refractivity contribution is -0.136. The lowest BCUT2D eigenvalue weighted by Crippen LogP contribution is -2.30. The Bertz CT molecular complexity index is 686. The third kappa shape index (κ3) is 5.75. The van der Waals surface area contributed by atoms with E-state index in [9.17, 15) is 9.59 Å². The highest BCUT2D eigenvalue weighted by Crippen LogP contribution is 2.15. The minimum Gasteiger partial charge on any atom is -0.481 e. The van der Waals surface area contributed by atoms with E-state index in [1.54, 1.807) is 24.3 Å². The Balaban J connectivity index is 1.78. The van der Waals surface area contributed by atoms with E-state index in [0.29, 0.717) is 17.8 Å². The molecule has 0 radical (unpaired) electrons. The standard InChI is InChI=1S/C17H17BrN2O3/c18-15-4-2-1-3-13(15)9-10-19-17(23)20-14-7-5-12(6-8-14)11-16(21)22/h1-8H,9-11H2,(H,21,22)(H2,19,20,23). The molecule has 0 bridgehead atoms. The van der Waals surface area contributed by atoms with Gasteiger partial charge in [-0.15, -0.1) is 0 Å². The number of carboxylic acid groups (broad SMARTS) is 1. The Labute approximate surface area is 142 Å². The lowest BCUT2D eigenvalue weighted by atomic mass is 10.1. The summed E-state index contributed by atoms with van der Waals surface area (Å²) in [6, 6.07) is 14.3. The molecule has 3 N–H and O–H groups in total. The molecule has 2 aromatic carbocycles. The van der Waals surface area contributed by atoms with E-state index in [1.807, 2.05) is 24.3 Å². The Kier molecular flexibility index (Phi) is 6.17. The number of hydrogen-bond donors (Lipinski definition) is 3. The summed E-state index contributed by atoms with van der Waals surface area (Å²) in [5.41, 5.74) is 2.45. The molecule has 0 saturated carbocycles. The number of amides is 2. The van der Waals surface area contributed by atoms with Crippen LogP contribution in [0.1, 0.15) is 11.1 Å². The van der Waals surface area contributed by atoms with Crippen LogP contribution in [0, 0.1) is 0 Å². The molecule has 5 nitrogen and oxygen atoms in total. The monoisotopic (exact) mass is 376 g/mol. The topological polar surface area (TPSA) is 78.4 Å². The van der Waals surface area contributed by atoms with Crippen molar-refractivity contribution in [3.8, 4) is 0 Å². The number of benzene rings is 2. The number of nitrogens with one attached hydrogen (secondary N) is 2. The number of carbonyl (C=O) groups is 2. The highest BCUT2D eigenvalue weighted by atomic mass is 79.9. The molecule has 0 aliphatic heterocycles. The van der Waals surface area contributed by atoms with Crippen LogP contribution in [-0.2, 0) is 17.6 Å². The average Bonchev–Trinajstić information content (AvgIpc) is 2.51. The number of halogens is 1. The first-order chi connectivity index (χ1) is 11.0. The van der Waals surface area contributed by atoms with Gasteiger partial charge in [-0.2, -0.15) is 0 Å². The highest BCUT2D eigenvalue weighted by molar-refractivity contribution is 9.10. The SMILES string of the molecule is O=C(O)Cc1ccc(NC(=O)NCCc2ccccc2Br)cc1. The van der Waals surface area contributed by atoms with Gasteiger partial charge in [-0.1, -0.05) is 46.3 Å². The highest BCUT2D eigenvalue weighted by Gasteiger charge is 2.04. The fourth-order valence-electron chi connectivity index (χ4n) is 2.07. The minimum absolute atomic E-state index is 0.0293. The van der Waals surface area contributed by atoms with Gasteiger partial charge in [0.05, 0.1) is 6.42 Å². The first-order valence-corrected chi connectivity index (χ1v) is 7.93. The van der Waals surface area contributed by atoms with Gasteiger partial charge < -0.3 is 15.7 Å². The van der Waals surface area contributed by atoms with Crippen LogP contribution in [0.5, 0.6) is 0 Å². The first kappa shape index (κ1) is 17.0. The van der Waals surface area contributed by atoms with Crippen molar-refractivity contribution in [1.29, 1.82) is 0 Å². The van der Waals surface area contributed by atoms with Crippen molar-refractivity contribution < 1.29 is 14.7 Å². The number of aliphatic carboxylic acids is 1. The van der Waals surface area contributed by atoms with Gasteiger partial charge in [0.25, 0.3) is 0 Å². The van der Waals surface area contributed by atoms with Crippen LogP contribution in [0.15, 0.2) is 53.0 Å². The van der Waals surface area contributed by atoms with Crippen molar-refractivity contribution in [3.63, 3.8) is 0 Å². The zero-order chi connectivity index (χ0) is 16.7. The van der Waals surface area contributed by atoms with Crippen LogP contribution in [0.25, 0.3) is 0 Å². The van der Waals surface area contributed by atoms with Gasteiger partial charge in [0.1, 0.15) is 0 Å². The zero-order valence-corrected chi connectivity index (χ0v) is 14.0. The van der Waals surface area contributed by atoms with Gasteiger partial charge in [-0.05, 0) is 35.7 Å². The van der Waals surface area contributed by atoms with Crippen molar-refractivity contribution in [2.24, 2.45) is 0 Å². The van der Waals surface area contributed by atoms with E-state index in [-0.39, 0.29) is 12.5 Å². The predicted molar refractivity (Wildman–Crippen MR) is 92.6 cm³/mol. The summed E-state index contributed by atoms with van der Waals surface area (Å²) < 4.78 is 1.02. The van der Waals surface area contributed by atoms with E-state index in [2.05, 4.69) is 26.6 Å². The van der Waals surface area contributed by atoms with Crippen LogP contribution in [0.4, 0.5) is 10.5 Å². The predicted octanol–water partition coefficient (Wildman–Crippen LogP) is 3.44. The quantitative estimate of drug-likeness (QED) is 0.722. The number of carbonyl (C=O) groups excluding carboxylic acids is 1. The van der Waals surface area contributed by atoms with Gasteiger partial charge in [0, 0.05) is 16.7 Å². The number of urea groups is 1. The van der Waals surface area contributed by atoms with Crippen molar-refractivity contribution in [1.82, 2.24) is 5.32 Å². The molecular formula is C17H17BrN2O3. The molecule has 0 unspecified atom stereocenters. The summed E-state index contributed by atoms with van der Waals surface area (Å²) in [5.74, 6) is -0.879. The van der Waals surface area contributed by atoms with Crippen LogP contribution in [-0.4, -0.2) is 23.7 Å². The molecular weight excluding hydrogens is 360 g/mol. The summed E-state index contributed by atoms with van der Waals surface area (Å²) in [4.78, 5) is 22.4. The number of carboxylic acids is 1. The maximum atomic E-state index is 11.8. The summed E-state index contributed by atoms with van der Waals surface area (Å²) >= 11 is 3.47. The van der Waals surface area contributed by atoms with Crippen molar-refractivity contribution >= 4 is 33.6 Å². The van der Waals surface area contributed by atoms with Crippen molar-refractivity contribution in [2.45, 2.75) is 12.8 Å². The second-order valence-electron chi connectivity index (χ2n) is 4.99.